The van der Waals surface area contributed by atoms with E-state index in [2.05, 4.69) is 11.0 Å². The zero-order chi connectivity index (χ0) is 11.7. The molecule has 0 amide bonds. The number of hydrogen-bond donors (Lipinski definition) is 0. The molecule has 17 heavy (non-hydrogen) atoms. The van der Waals surface area contributed by atoms with Crippen LogP contribution in [0.25, 0.3) is 5.70 Å². The van der Waals surface area contributed by atoms with Crippen molar-refractivity contribution >= 4 is 34.2 Å². The molecule has 0 unspecified atom stereocenters. The highest BCUT2D eigenvalue weighted by Crippen LogP contribution is 2.29. The first-order valence-electron chi connectivity index (χ1n) is 5.43. The van der Waals surface area contributed by atoms with E-state index >= 15 is 0 Å². The average molecular weight is 261 g/mol. The minimum atomic E-state index is 0.107. The van der Waals surface area contributed by atoms with Crippen LogP contribution in [-0.2, 0) is 0 Å². The summed E-state index contributed by atoms with van der Waals surface area (Å²) in [6, 6.07) is 7.87. The monoisotopic (exact) mass is 261 g/mol. The number of ketones is 1. The quantitative estimate of drug-likeness (QED) is 0.478. The molecule has 1 saturated heterocycles. The molecule has 3 heterocycles. The molecule has 0 saturated carbocycles. The largest absolute Gasteiger partial charge is 0.367 e. The second-order valence-corrected chi connectivity index (χ2v) is 5.73. The summed E-state index contributed by atoms with van der Waals surface area (Å²) >= 11 is 3.17. The molecule has 1 fully saturated rings. The Kier molecular flexibility index (Phi) is 2.82. The van der Waals surface area contributed by atoms with Crippen LogP contribution < -0.4 is 0 Å². The van der Waals surface area contributed by atoms with E-state index in [0.29, 0.717) is 0 Å². The molecular formula is C13H11NOS2. The highest BCUT2D eigenvalue weighted by molar-refractivity contribution is 7.12. The van der Waals surface area contributed by atoms with Crippen molar-refractivity contribution in [3.8, 4) is 0 Å². The van der Waals surface area contributed by atoms with Crippen LogP contribution in [-0.4, -0.2) is 23.8 Å². The van der Waals surface area contributed by atoms with E-state index in [0.717, 1.165) is 23.7 Å². The number of rotatable bonds is 4. The fourth-order valence-corrected chi connectivity index (χ4v) is 3.05. The van der Waals surface area contributed by atoms with Crippen molar-refractivity contribution in [3.63, 3.8) is 0 Å². The average Bonchev–Trinajstić information content (AvgIpc) is 2.87. The molecule has 0 spiro atoms. The normalized spacial score (nSPS) is 15.1. The van der Waals surface area contributed by atoms with Crippen LogP contribution in [0.15, 0.2) is 41.1 Å². The van der Waals surface area contributed by atoms with Crippen molar-refractivity contribution < 1.29 is 4.79 Å². The summed E-state index contributed by atoms with van der Waals surface area (Å²) in [7, 11) is 0. The van der Waals surface area contributed by atoms with Crippen LogP contribution >= 0.6 is 22.7 Å². The number of carbonyl (C=O) groups excluding carboxylic acids is 1. The lowest BCUT2D eigenvalue weighted by Crippen LogP contribution is -1.99. The van der Waals surface area contributed by atoms with Gasteiger partial charge in [0, 0.05) is 19.2 Å². The van der Waals surface area contributed by atoms with Gasteiger partial charge in [-0.2, -0.15) is 0 Å². The van der Waals surface area contributed by atoms with E-state index in [1.165, 1.54) is 16.2 Å². The third-order valence-corrected chi connectivity index (χ3v) is 4.37. The van der Waals surface area contributed by atoms with Crippen LogP contribution in [0.2, 0.25) is 0 Å². The van der Waals surface area contributed by atoms with Crippen LogP contribution in [0.5, 0.6) is 0 Å². The summed E-state index contributed by atoms with van der Waals surface area (Å²) < 4.78 is 0. The highest BCUT2D eigenvalue weighted by atomic mass is 32.1. The number of carbonyl (C=O) groups is 1. The smallest absolute Gasteiger partial charge is 0.197 e. The second kappa shape index (κ2) is 4.47. The molecular weight excluding hydrogens is 250 g/mol. The SMILES string of the molecule is O=C(/C=C(/c1cccs1)N1CC1)c1cccs1. The van der Waals surface area contributed by atoms with Gasteiger partial charge in [-0.15, -0.1) is 22.7 Å². The van der Waals surface area contributed by atoms with E-state index in [1.807, 2.05) is 29.0 Å². The van der Waals surface area contributed by atoms with Gasteiger partial charge in [0.15, 0.2) is 5.78 Å². The third-order valence-electron chi connectivity index (χ3n) is 2.59. The van der Waals surface area contributed by atoms with E-state index in [9.17, 15) is 4.79 Å². The Balaban J connectivity index is 1.91. The summed E-state index contributed by atoms with van der Waals surface area (Å²) in [4.78, 5) is 16.3. The number of hydrogen-bond acceptors (Lipinski definition) is 4. The van der Waals surface area contributed by atoms with E-state index in [-0.39, 0.29) is 5.78 Å². The Morgan fingerprint density at radius 1 is 1.12 bits per heavy atom. The van der Waals surface area contributed by atoms with Gasteiger partial charge in [0.25, 0.3) is 0 Å². The molecule has 1 aliphatic heterocycles. The number of allylic oxidation sites excluding steroid dienone is 1. The lowest BCUT2D eigenvalue weighted by Gasteiger charge is -2.05. The standard InChI is InChI=1S/C13H11NOS2/c15-11(13-4-2-8-17-13)9-10(14-5-6-14)12-3-1-7-16-12/h1-4,7-9H,5-6H2/b10-9-. The van der Waals surface area contributed by atoms with Crippen molar-refractivity contribution in [3.05, 3.63) is 50.9 Å². The van der Waals surface area contributed by atoms with E-state index in [4.69, 9.17) is 0 Å². The molecule has 0 aliphatic carbocycles. The molecule has 1 aliphatic rings. The van der Waals surface area contributed by atoms with Gasteiger partial charge in [-0.25, -0.2) is 0 Å². The predicted molar refractivity (Wildman–Crippen MR) is 72.5 cm³/mol. The van der Waals surface area contributed by atoms with Gasteiger partial charge in [0.05, 0.1) is 15.5 Å². The number of nitrogens with zero attached hydrogens (tertiary/aromatic N) is 1. The number of thiophene rings is 2. The van der Waals surface area contributed by atoms with Crippen LogP contribution in [0.3, 0.4) is 0 Å². The zero-order valence-electron chi connectivity index (χ0n) is 9.13. The summed E-state index contributed by atoms with van der Waals surface area (Å²) in [6.07, 6.45) is 1.77. The third kappa shape index (κ3) is 2.33. The molecule has 0 bridgehead atoms. The van der Waals surface area contributed by atoms with Crippen molar-refractivity contribution in [2.45, 2.75) is 0 Å². The van der Waals surface area contributed by atoms with Crippen molar-refractivity contribution in [1.29, 1.82) is 0 Å². The van der Waals surface area contributed by atoms with Gasteiger partial charge in [-0.3, -0.25) is 4.79 Å². The van der Waals surface area contributed by atoms with E-state index in [1.54, 1.807) is 17.4 Å². The van der Waals surface area contributed by atoms with Crippen LogP contribution in [0.4, 0.5) is 0 Å². The topological polar surface area (TPSA) is 20.1 Å². The Labute approximate surface area is 108 Å². The van der Waals surface area contributed by atoms with Gasteiger partial charge < -0.3 is 4.90 Å². The minimum absolute atomic E-state index is 0.107. The molecule has 2 aromatic heterocycles. The van der Waals surface area contributed by atoms with Gasteiger partial charge in [-0.1, -0.05) is 12.1 Å². The van der Waals surface area contributed by atoms with Gasteiger partial charge in [0.2, 0.25) is 0 Å². The maximum Gasteiger partial charge on any atom is 0.197 e. The van der Waals surface area contributed by atoms with Crippen molar-refractivity contribution in [1.82, 2.24) is 4.90 Å². The fourth-order valence-electron chi connectivity index (χ4n) is 1.65. The lowest BCUT2D eigenvalue weighted by atomic mass is 10.2. The van der Waals surface area contributed by atoms with Crippen molar-refractivity contribution in [2.75, 3.05) is 13.1 Å². The van der Waals surface area contributed by atoms with Crippen molar-refractivity contribution in [2.24, 2.45) is 0 Å². The molecule has 0 N–H and O–H groups in total. The lowest BCUT2D eigenvalue weighted by molar-refractivity contribution is 0.105. The fraction of sp³-hybridized carbons (Fsp3) is 0.154. The van der Waals surface area contributed by atoms with Gasteiger partial charge in [0.1, 0.15) is 0 Å². The highest BCUT2D eigenvalue weighted by Gasteiger charge is 2.23. The first kappa shape index (κ1) is 10.7. The molecule has 0 aromatic carbocycles. The maximum absolute atomic E-state index is 12.1. The van der Waals surface area contributed by atoms with Gasteiger partial charge in [-0.05, 0) is 22.9 Å². The summed E-state index contributed by atoms with van der Waals surface area (Å²) in [5, 5.41) is 3.98. The molecule has 0 radical (unpaired) electrons. The first-order valence-corrected chi connectivity index (χ1v) is 7.19. The Morgan fingerprint density at radius 3 is 2.29 bits per heavy atom. The summed E-state index contributed by atoms with van der Waals surface area (Å²) in [5.41, 5.74) is 1.07. The predicted octanol–water partition coefficient (Wildman–Crippen LogP) is 3.35. The van der Waals surface area contributed by atoms with Gasteiger partial charge >= 0.3 is 0 Å². The summed E-state index contributed by atoms with van der Waals surface area (Å²) in [5.74, 6) is 0.107. The first-order chi connectivity index (χ1) is 8.34. The second-order valence-electron chi connectivity index (χ2n) is 3.84. The molecule has 3 rings (SSSR count). The molecule has 2 nitrogen and oxygen atoms in total. The molecule has 2 aromatic rings. The Hall–Kier alpha value is -1.39. The Morgan fingerprint density at radius 2 is 1.76 bits per heavy atom. The molecule has 0 atom stereocenters. The molecule has 86 valence electrons. The van der Waals surface area contributed by atoms with Crippen LogP contribution in [0, 0.1) is 0 Å². The minimum Gasteiger partial charge on any atom is -0.367 e. The van der Waals surface area contributed by atoms with E-state index < -0.39 is 0 Å². The maximum atomic E-state index is 12.1. The zero-order valence-corrected chi connectivity index (χ0v) is 10.8. The van der Waals surface area contributed by atoms with Crippen LogP contribution in [0.1, 0.15) is 14.5 Å². The molecule has 4 heteroatoms. The Bertz CT molecular complexity index is 536. The summed E-state index contributed by atoms with van der Waals surface area (Å²) in [6.45, 7) is 2.11.